The lowest BCUT2D eigenvalue weighted by Crippen LogP contribution is -2.53. The molecule has 0 unspecified atom stereocenters. The Hall–Kier alpha value is -1.59. The fraction of sp³-hybridized carbons (Fsp3) is 0.611. The van der Waals surface area contributed by atoms with E-state index in [0.29, 0.717) is 25.1 Å². The van der Waals surface area contributed by atoms with Crippen LogP contribution in [0.3, 0.4) is 0 Å². The molecule has 5 nitrogen and oxygen atoms in total. The third kappa shape index (κ3) is 5.22. The average Bonchev–Trinajstić information content (AvgIpc) is 2.55. The van der Waals surface area contributed by atoms with E-state index in [4.69, 9.17) is 4.74 Å². The zero-order valence-electron chi connectivity index (χ0n) is 14.5. The maximum atomic E-state index is 12.2. The highest BCUT2D eigenvalue weighted by Gasteiger charge is 2.30. The minimum absolute atomic E-state index is 0.00425. The van der Waals surface area contributed by atoms with E-state index in [1.807, 2.05) is 11.9 Å². The van der Waals surface area contributed by atoms with Gasteiger partial charge < -0.3 is 15.0 Å². The topological polar surface area (TPSA) is 44.8 Å². The molecule has 23 heavy (non-hydrogen) atoms. The van der Waals surface area contributed by atoms with Crippen LogP contribution in [0, 0.1) is 5.92 Å². The minimum Gasteiger partial charge on any atom is -0.383 e. The van der Waals surface area contributed by atoms with Gasteiger partial charge in [-0.2, -0.15) is 0 Å². The number of hydrogen-bond acceptors (Lipinski definition) is 3. The molecule has 1 fully saturated rings. The molecule has 2 atom stereocenters. The summed E-state index contributed by atoms with van der Waals surface area (Å²) >= 11 is 0. The van der Waals surface area contributed by atoms with Crippen LogP contribution in [0.5, 0.6) is 0 Å². The second-order valence-electron chi connectivity index (χ2n) is 6.39. The van der Waals surface area contributed by atoms with Crippen molar-refractivity contribution in [3.63, 3.8) is 0 Å². The zero-order valence-corrected chi connectivity index (χ0v) is 14.5. The van der Waals surface area contributed by atoms with Crippen molar-refractivity contribution in [3.8, 4) is 0 Å². The number of likely N-dealkylation sites (tertiary alicyclic amines) is 1. The normalized spacial score (nSPS) is 21.9. The van der Waals surface area contributed by atoms with Gasteiger partial charge in [0.15, 0.2) is 0 Å². The third-order valence-corrected chi connectivity index (χ3v) is 4.59. The summed E-state index contributed by atoms with van der Waals surface area (Å²) in [5.41, 5.74) is 1.35. The first kappa shape index (κ1) is 17.8. The second kappa shape index (κ2) is 8.89. The third-order valence-electron chi connectivity index (χ3n) is 4.59. The van der Waals surface area contributed by atoms with E-state index in [1.54, 1.807) is 7.11 Å². The number of methoxy groups -OCH3 is 1. The maximum absolute atomic E-state index is 12.2. The summed E-state index contributed by atoms with van der Waals surface area (Å²) in [7, 11) is 3.54. The monoisotopic (exact) mass is 319 g/mol. The second-order valence-corrected chi connectivity index (χ2v) is 6.39. The first-order valence-corrected chi connectivity index (χ1v) is 8.37. The molecule has 2 rings (SSSR count). The van der Waals surface area contributed by atoms with Gasteiger partial charge in [0.25, 0.3) is 0 Å². The summed E-state index contributed by atoms with van der Waals surface area (Å²) in [6.07, 6.45) is 1.02. The first-order chi connectivity index (χ1) is 11.1. The van der Waals surface area contributed by atoms with E-state index in [1.165, 1.54) is 5.56 Å². The van der Waals surface area contributed by atoms with Gasteiger partial charge >= 0.3 is 6.03 Å². The number of carbonyl (C=O) groups is 1. The Morgan fingerprint density at radius 2 is 2.13 bits per heavy atom. The van der Waals surface area contributed by atoms with Gasteiger partial charge in [-0.25, -0.2) is 4.79 Å². The molecule has 128 valence electrons. The van der Waals surface area contributed by atoms with Crippen LogP contribution in [-0.2, 0) is 11.3 Å². The molecule has 1 aromatic carbocycles. The summed E-state index contributed by atoms with van der Waals surface area (Å²) in [5, 5.41) is 2.90. The van der Waals surface area contributed by atoms with Crippen LogP contribution in [0.15, 0.2) is 30.3 Å². The minimum atomic E-state index is -0.00425. The van der Waals surface area contributed by atoms with Crippen molar-refractivity contribution in [2.45, 2.75) is 25.9 Å². The van der Waals surface area contributed by atoms with Crippen molar-refractivity contribution >= 4 is 6.03 Å². The Labute approximate surface area is 139 Å². The number of ether oxygens (including phenoxy) is 1. The van der Waals surface area contributed by atoms with Gasteiger partial charge in [0.05, 0.1) is 6.61 Å². The predicted octanol–water partition coefficient (Wildman–Crippen LogP) is 2.18. The highest BCUT2D eigenvalue weighted by atomic mass is 16.5. The molecule has 1 aromatic rings. The molecule has 0 aliphatic carbocycles. The van der Waals surface area contributed by atoms with Gasteiger partial charge in [0.1, 0.15) is 0 Å². The van der Waals surface area contributed by atoms with Gasteiger partial charge in [0.2, 0.25) is 0 Å². The number of hydrogen-bond donors (Lipinski definition) is 1. The number of piperidine rings is 1. The van der Waals surface area contributed by atoms with Gasteiger partial charge in [-0.3, -0.25) is 4.90 Å². The maximum Gasteiger partial charge on any atom is 0.317 e. The average molecular weight is 319 g/mol. The molecular weight excluding hydrogens is 290 g/mol. The summed E-state index contributed by atoms with van der Waals surface area (Å²) in [5.74, 6) is 0.464. The SMILES string of the molecule is COCCNC(=O)N(C)[C@H]1CCN(Cc2ccccc2)C[C@H]1C. The first-order valence-electron chi connectivity index (χ1n) is 8.37. The van der Waals surface area contributed by atoms with Crippen molar-refractivity contribution in [1.82, 2.24) is 15.1 Å². The van der Waals surface area contributed by atoms with E-state index in [0.717, 1.165) is 26.1 Å². The van der Waals surface area contributed by atoms with Crippen molar-refractivity contribution < 1.29 is 9.53 Å². The quantitative estimate of drug-likeness (QED) is 0.818. The van der Waals surface area contributed by atoms with Crippen LogP contribution >= 0.6 is 0 Å². The standard InChI is InChI=1S/C18H29N3O2/c1-15-13-21(14-16-7-5-4-6-8-16)11-9-17(15)20(2)18(22)19-10-12-23-3/h4-8,15,17H,9-14H2,1-3H3,(H,19,22)/t15-,17+/m1/s1. The summed E-state index contributed by atoms with van der Waals surface area (Å²) in [6.45, 7) is 6.38. The number of rotatable bonds is 6. The lowest BCUT2D eigenvalue weighted by Gasteiger charge is -2.41. The molecule has 5 heteroatoms. The number of nitrogens with zero attached hydrogens (tertiary/aromatic N) is 2. The van der Waals surface area contributed by atoms with E-state index in [9.17, 15) is 4.79 Å². The molecule has 1 N–H and O–H groups in total. The smallest absolute Gasteiger partial charge is 0.317 e. The molecule has 0 spiro atoms. The lowest BCUT2D eigenvalue weighted by atomic mass is 9.92. The van der Waals surface area contributed by atoms with Crippen LogP contribution in [-0.4, -0.2) is 62.3 Å². The van der Waals surface area contributed by atoms with E-state index in [2.05, 4.69) is 47.5 Å². The Bertz CT molecular complexity index is 480. The predicted molar refractivity (Wildman–Crippen MR) is 92.3 cm³/mol. The summed E-state index contributed by atoms with van der Waals surface area (Å²) in [6, 6.07) is 10.9. The fourth-order valence-corrected chi connectivity index (χ4v) is 3.32. The molecule has 1 aliphatic heterocycles. The van der Waals surface area contributed by atoms with Gasteiger partial charge in [0, 0.05) is 46.4 Å². The largest absolute Gasteiger partial charge is 0.383 e. The molecule has 2 amide bonds. The van der Waals surface area contributed by atoms with E-state index in [-0.39, 0.29) is 6.03 Å². The van der Waals surface area contributed by atoms with E-state index >= 15 is 0 Å². The lowest BCUT2D eigenvalue weighted by molar-refractivity contribution is 0.0883. The van der Waals surface area contributed by atoms with Gasteiger partial charge in [-0.15, -0.1) is 0 Å². The Morgan fingerprint density at radius 1 is 1.39 bits per heavy atom. The van der Waals surface area contributed by atoms with Crippen molar-refractivity contribution in [2.24, 2.45) is 5.92 Å². The highest BCUT2D eigenvalue weighted by Crippen LogP contribution is 2.22. The van der Waals surface area contributed by atoms with Crippen molar-refractivity contribution in [1.29, 1.82) is 0 Å². The van der Waals surface area contributed by atoms with Crippen LogP contribution in [0.2, 0.25) is 0 Å². The van der Waals surface area contributed by atoms with Crippen LogP contribution < -0.4 is 5.32 Å². The Morgan fingerprint density at radius 3 is 2.78 bits per heavy atom. The number of benzene rings is 1. The van der Waals surface area contributed by atoms with Crippen LogP contribution in [0.1, 0.15) is 18.9 Å². The Balaban J connectivity index is 1.82. The fourth-order valence-electron chi connectivity index (χ4n) is 3.32. The number of nitrogens with one attached hydrogen (secondary N) is 1. The van der Waals surface area contributed by atoms with Crippen LogP contribution in [0.25, 0.3) is 0 Å². The molecule has 1 heterocycles. The number of urea groups is 1. The van der Waals surface area contributed by atoms with Crippen LogP contribution in [0.4, 0.5) is 4.79 Å². The summed E-state index contributed by atoms with van der Waals surface area (Å²) in [4.78, 5) is 16.5. The molecule has 0 radical (unpaired) electrons. The molecule has 1 saturated heterocycles. The zero-order chi connectivity index (χ0) is 16.7. The highest BCUT2D eigenvalue weighted by molar-refractivity contribution is 5.74. The molecule has 0 aromatic heterocycles. The number of carbonyl (C=O) groups excluding carboxylic acids is 1. The van der Waals surface area contributed by atoms with Crippen molar-refractivity contribution in [2.75, 3.05) is 40.4 Å². The number of amides is 2. The summed E-state index contributed by atoms with van der Waals surface area (Å²) < 4.78 is 4.97. The van der Waals surface area contributed by atoms with Gasteiger partial charge in [-0.1, -0.05) is 37.3 Å². The molecule has 0 bridgehead atoms. The van der Waals surface area contributed by atoms with Crippen molar-refractivity contribution in [3.05, 3.63) is 35.9 Å². The molecular formula is C18H29N3O2. The Kier molecular flexibility index (Phi) is 6.86. The molecule has 1 aliphatic rings. The van der Waals surface area contributed by atoms with E-state index < -0.39 is 0 Å². The van der Waals surface area contributed by atoms with Gasteiger partial charge in [-0.05, 0) is 17.9 Å². The molecule has 0 saturated carbocycles.